The van der Waals surface area contributed by atoms with Gasteiger partial charge in [-0.1, -0.05) is 12.8 Å². The van der Waals surface area contributed by atoms with Crippen molar-refractivity contribution in [3.05, 3.63) is 0 Å². The molecule has 2 aliphatic heterocycles. The van der Waals surface area contributed by atoms with Gasteiger partial charge >= 0.3 is 0 Å². The van der Waals surface area contributed by atoms with Crippen LogP contribution < -0.4 is 10.6 Å². The van der Waals surface area contributed by atoms with Gasteiger partial charge in [0.1, 0.15) is 0 Å². The molecule has 1 saturated carbocycles. The highest BCUT2D eigenvalue weighted by Crippen LogP contribution is 2.33. The van der Waals surface area contributed by atoms with Gasteiger partial charge in [-0.15, -0.1) is 0 Å². The lowest BCUT2D eigenvalue weighted by atomic mass is 9.85. The molecule has 2 N–H and O–H groups in total. The molecular formula is C15H28N2O. The van der Waals surface area contributed by atoms with E-state index in [1.165, 1.54) is 32.1 Å². The van der Waals surface area contributed by atoms with Gasteiger partial charge in [0.25, 0.3) is 0 Å². The van der Waals surface area contributed by atoms with E-state index < -0.39 is 0 Å². The van der Waals surface area contributed by atoms with Crippen molar-refractivity contribution in [2.45, 2.75) is 76.1 Å². The molecule has 2 heterocycles. The molecular weight excluding hydrogens is 224 g/mol. The van der Waals surface area contributed by atoms with Gasteiger partial charge in [-0.05, 0) is 45.4 Å². The largest absolute Gasteiger partial charge is 0.377 e. The maximum atomic E-state index is 5.70. The molecule has 0 spiro atoms. The minimum Gasteiger partial charge on any atom is -0.377 e. The van der Waals surface area contributed by atoms with Gasteiger partial charge in [-0.25, -0.2) is 0 Å². The molecule has 3 rings (SSSR count). The second kappa shape index (κ2) is 5.10. The zero-order valence-corrected chi connectivity index (χ0v) is 11.9. The van der Waals surface area contributed by atoms with Gasteiger partial charge in [0.05, 0.1) is 6.10 Å². The Bertz CT molecular complexity index is 282. The summed E-state index contributed by atoms with van der Waals surface area (Å²) in [6.07, 6.45) is 8.60. The van der Waals surface area contributed by atoms with Crippen LogP contribution in [0.3, 0.4) is 0 Å². The zero-order chi connectivity index (χ0) is 12.6. The third-order valence-electron chi connectivity index (χ3n) is 5.58. The van der Waals surface area contributed by atoms with Gasteiger partial charge in [0.15, 0.2) is 0 Å². The van der Waals surface area contributed by atoms with Crippen LogP contribution in [0.5, 0.6) is 0 Å². The Morgan fingerprint density at radius 1 is 1.33 bits per heavy atom. The summed E-state index contributed by atoms with van der Waals surface area (Å²) in [5.41, 5.74) is 0.190. The normalized spacial score (nSPS) is 48.3. The zero-order valence-electron chi connectivity index (χ0n) is 11.9. The highest BCUT2D eigenvalue weighted by Gasteiger charge is 2.39. The third-order valence-corrected chi connectivity index (χ3v) is 5.58. The van der Waals surface area contributed by atoms with E-state index in [0.29, 0.717) is 12.1 Å². The number of ether oxygens (including phenoxy) is 1. The van der Waals surface area contributed by atoms with Crippen molar-refractivity contribution >= 4 is 0 Å². The number of hydrogen-bond acceptors (Lipinski definition) is 3. The van der Waals surface area contributed by atoms with Crippen molar-refractivity contribution in [3.63, 3.8) is 0 Å². The Labute approximate surface area is 111 Å². The van der Waals surface area contributed by atoms with Crippen LogP contribution in [-0.2, 0) is 4.74 Å². The minimum absolute atomic E-state index is 0.190. The van der Waals surface area contributed by atoms with Gasteiger partial charge in [0.2, 0.25) is 0 Å². The molecule has 104 valence electrons. The molecule has 0 radical (unpaired) electrons. The molecule has 2 saturated heterocycles. The molecule has 5 atom stereocenters. The molecule has 0 aromatic carbocycles. The van der Waals surface area contributed by atoms with Crippen molar-refractivity contribution in [3.8, 4) is 0 Å². The second-order valence-corrected chi connectivity index (χ2v) is 6.81. The van der Waals surface area contributed by atoms with Crippen LogP contribution in [0, 0.1) is 5.92 Å². The molecule has 1 aliphatic carbocycles. The average Bonchev–Trinajstić information content (AvgIpc) is 2.92. The number of fused-ring (bicyclic) bond motifs is 1. The van der Waals surface area contributed by atoms with E-state index >= 15 is 0 Å². The van der Waals surface area contributed by atoms with Crippen LogP contribution >= 0.6 is 0 Å². The van der Waals surface area contributed by atoms with E-state index in [4.69, 9.17) is 4.74 Å². The smallest absolute Gasteiger partial charge is 0.0726 e. The molecule has 3 fully saturated rings. The fourth-order valence-corrected chi connectivity index (χ4v) is 4.01. The molecule has 18 heavy (non-hydrogen) atoms. The minimum atomic E-state index is 0.190. The predicted octanol–water partition coefficient (Wildman–Crippen LogP) is 2.06. The standard InChI is InChI=1S/C15H28N2O/c1-11-15(2,7-8-18-11)16-10-13-9-12-5-3-4-6-14(12)17-13/h11-14,16-17H,3-10H2,1-2H3. The highest BCUT2D eigenvalue weighted by atomic mass is 16.5. The summed E-state index contributed by atoms with van der Waals surface area (Å²) >= 11 is 0. The first-order chi connectivity index (χ1) is 8.67. The molecule has 5 unspecified atom stereocenters. The van der Waals surface area contributed by atoms with E-state index in [-0.39, 0.29) is 5.54 Å². The number of hydrogen-bond donors (Lipinski definition) is 2. The third kappa shape index (κ3) is 2.45. The average molecular weight is 252 g/mol. The summed E-state index contributed by atoms with van der Waals surface area (Å²) in [5, 5.41) is 7.62. The van der Waals surface area contributed by atoms with Crippen molar-refractivity contribution in [1.29, 1.82) is 0 Å². The fourth-order valence-electron chi connectivity index (χ4n) is 4.01. The SMILES string of the molecule is CC1OCCC1(C)NCC1CC2CCCCC2N1. The molecule has 3 nitrogen and oxygen atoms in total. The van der Waals surface area contributed by atoms with Crippen molar-refractivity contribution in [2.75, 3.05) is 13.2 Å². The van der Waals surface area contributed by atoms with Gasteiger partial charge in [0, 0.05) is 30.8 Å². The van der Waals surface area contributed by atoms with Gasteiger partial charge in [-0.2, -0.15) is 0 Å². The Morgan fingerprint density at radius 2 is 2.17 bits per heavy atom. The first kappa shape index (κ1) is 12.9. The Balaban J connectivity index is 1.49. The Morgan fingerprint density at radius 3 is 2.89 bits per heavy atom. The monoisotopic (exact) mass is 252 g/mol. The number of nitrogens with one attached hydrogen (secondary N) is 2. The summed E-state index contributed by atoms with van der Waals surface area (Å²) in [6.45, 7) is 6.53. The van der Waals surface area contributed by atoms with Crippen molar-refractivity contribution in [2.24, 2.45) is 5.92 Å². The van der Waals surface area contributed by atoms with Crippen molar-refractivity contribution in [1.82, 2.24) is 10.6 Å². The molecule has 0 amide bonds. The number of rotatable bonds is 3. The quantitative estimate of drug-likeness (QED) is 0.806. The van der Waals surface area contributed by atoms with Crippen molar-refractivity contribution < 1.29 is 4.74 Å². The summed E-state index contributed by atoms with van der Waals surface area (Å²) in [4.78, 5) is 0. The second-order valence-electron chi connectivity index (χ2n) is 6.81. The highest BCUT2D eigenvalue weighted by molar-refractivity contribution is 4.98. The van der Waals surface area contributed by atoms with E-state index in [9.17, 15) is 0 Å². The maximum Gasteiger partial charge on any atom is 0.0726 e. The summed E-state index contributed by atoms with van der Waals surface area (Å²) in [5.74, 6) is 0.954. The van der Waals surface area contributed by atoms with E-state index in [0.717, 1.165) is 31.5 Å². The topological polar surface area (TPSA) is 33.3 Å². The Hall–Kier alpha value is -0.120. The molecule has 0 aromatic heterocycles. The maximum absolute atomic E-state index is 5.70. The summed E-state index contributed by atoms with van der Waals surface area (Å²) in [6, 6.07) is 1.50. The van der Waals surface area contributed by atoms with E-state index in [2.05, 4.69) is 24.5 Å². The fraction of sp³-hybridized carbons (Fsp3) is 1.00. The van der Waals surface area contributed by atoms with Crippen LogP contribution in [0.2, 0.25) is 0 Å². The lowest BCUT2D eigenvalue weighted by molar-refractivity contribution is 0.0879. The first-order valence-electron chi connectivity index (χ1n) is 7.80. The van der Waals surface area contributed by atoms with Crippen LogP contribution in [0.15, 0.2) is 0 Å². The molecule has 3 aliphatic rings. The summed E-state index contributed by atoms with van der Waals surface area (Å²) in [7, 11) is 0. The van der Waals surface area contributed by atoms with Gasteiger partial charge < -0.3 is 15.4 Å². The predicted molar refractivity (Wildman–Crippen MR) is 73.7 cm³/mol. The van der Waals surface area contributed by atoms with Crippen LogP contribution in [0.1, 0.15) is 52.4 Å². The van der Waals surface area contributed by atoms with Gasteiger partial charge in [-0.3, -0.25) is 0 Å². The lowest BCUT2D eigenvalue weighted by Crippen LogP contribution is -2.52. The van der Waals surface area contributed by atoms with E-state index in [1.807, 2.05) is 0 Å². The molecule has 3 heteroatoms. The van der Waals surface area contributed by atoms with E-state index in [1.54, 1.807) is 0 Å². The Kier molecular flexibility index (Phi) is 3.65. The van der Waals surface area contributed by atoms with Crippen LogP contribution in [0.25, 0.3) is 0 Å². The first-order valence-corrected chi connectivity index (χ1v) is 7.80. The summed E-state index contributed by atoms with van der Waals surface area (Å²) < 4.78 is 5.70. The molecule has 0 aromatic rings. The van der Waals surface area contributed by atoms with Crippen LogP contribution in [-0.4, -0.2) is 36.9 Å². The van der Waals surface area contributed by atoms with Crippen LogP contribution in [0.4, 0.5) is 0 Å². The molecule has 0 bridgehead atoms. The lowest BCUT2D eigenvalue weighted by Gasteiger charge is -2.30.